The van der Waals surface area contributed by atoms with Gasteiger partial charge in [0.1, 0.15) is 5.03 Å². The van der Waals surface area contributed by atoms with Crippen LogP contribution in [0.15, 0.2) is 28.0 Å². The van der Waals surface area contributed by atoms with Gasteiger partial charge in [-0.25, -0.2) is 18.3 Å². The maximum Gasteiger partial charge on any atom is 0.367 e. The number of carbonyl (C=O) groups is 1. The summed E-state index contributed by atoms with van der Waals surface area (Å²) < 4.78 is 28.1. The van der Waals surface area contributed by atoms with Crippen molar-refractivity contribution in [2.75, 3.05) is 49.3 Å². The number of piperazine rings is 1. The van der Waals surface area contributed by atoms with Crippen molar-refractivity contribution in [3.8, 4) is 0 Å². The Hall–Kier alpha value is -2.46. The summed E-state index contributed by atoms with van der Waals surface area (Å²) in [7, 11) is 2.07. The number of fused-ring (bicyclic) bond motifs is 1. The highest BCUT2D eigenvalue weighted by Gasteiger charge is 2.25. The molecule has 1 aromatic heterocycles. The zero-order valence-corrected chi connectivity index (χ0v) is 18.2. The van der Waals surface area contributed by atoms with E-state index in [1.54, 1.807) is 4.68 Å². The predicted octanol–water partition coefficient (Wildman–Crippen LogP) is 2.01. The molecule has 31 heavy (non-hydrogen) atoms. The number of hydrogen-bond acceptors (Lipinski definition) is 6. The number of benzene rings is 1. The summed E-state index contributed by atoms with van der Waals surface area (Å²) in [6, 6.07) is 3.21. The Kier molecular flexibility index (Phi) is 6.57. The Morgan fingerprint density at radius 3 is 2.61 bits per heavy atom. The summed E-state index contributed by atoms with van der Waals surface area (Å²) >= 11 is 1.21. The quantitative estimate of drug-likeness (QED) is 0.556. The number of likely N-dealkylation sites (N-methyl/N-ethyl adjacent to an activating group) is 1. The van der Waals surface area contributed by atoms with Crippen LogP contribution in [0.2, 0.25) is 0 Å². The average Bonchev–Trinajstić information content (AvgIpc) is 2.76. The summed E-state index contributed by atoms with van der Waals surface area (Å²) in [6.45, 7) is 3.32. The molecule has 1 aliphatic heterocycles. The van der Waals surface area contributed by atoms with Gasteiger partial charge >= 0.3 is 5.69 Å². The third-order valence-electron chi connectivity index (χ3n) is 5.64. The normalized spacial score (nSPS) is 16.8. The smallest absolute Gasteiger partial charge is 0.325 e. The first kappa shape index (κ1) is 21.8. The molecule has 0 saturated carbocycles. The maximum atomic E-state index is 13.3. The van der Waals surface area contributed by atoms with Crippen LogP contribution >= 0.6 is 11.8 Å². The van der Waals surface area contributed by atoms with Crippen molar-refractivity contribution in [1.82, 2.24) is 14.6 Å². The number of amides is 1. The highest BCUT2D eigenvalue weighted by atomic mass is 32.2. The monoisotopic (exact) mass is 449 g/mol. The molecule has 0 bridgehead atoms. The van der Waals surface area contributed by atoms with Gasteiger partial charge in [-0.05, 0) is 44.9 Å². The number of nitrogens with zero attached hydrogens (tertiary/aromatic N) is 4. The molecule has 1 aliphatic carbocycles. The first-order valence-corrected chi connectivity index (χ1v) is 11.4. The Bertz CT molecular complexity index is 1040. The summed E-state index contributed by atoms with van der Waals surface area (Å²) in [5.41, 5.74) is 1.91. The Labute approximate surface area is 183 Å². The van der Waals surface area contributed by atoms with Crippen LogP contribution in [0.5, 0.6) is 0 Å². The van der Waals surface area contributed by atoms with Crippen LogP contribution < -0.4 is 16.0 Å². The number of hydrogen-bond donors (Lipinski definition) is 1. The third kappa shape index (κ3) is 4.90. The Balaban J connectivity index is 1.51. The van der Waals surface area contributed by atoms with Gasteiger partial charge in [-0.15, -0.1) is 0 Å². The second-order valence-electron chi connectivity index (χ2n) is 7.87. The van der Waals surface area contributed by atoms with Gasteiger partial charge in [0.25, 0.3) is 0 Å². The minimum atomic E-state index is -1.02. The van der Waals surface area contributed by atoms with E-state index in [1.165, 1.54) is 17.8 Å². The molecule has 1 aromatic carbocycles. The second kappa shape index (κ2) is 9.35. The molecule has 4 rings (SSSR count). The van der Waals surface area contributed by atoms with E-state index in [-0.39, 0.29) is 23.0 Å². The van der Waals surface area contributed by atoms with Crippen LogP contribution in [0.3, 0.4) is 0 Å². The molecule has 0 atom stereocenters. The maximum absolute atomic E-state index is 13.3. The molecular weight excluding hydrogens is 424 g/mol. The number of anilines is 1. The first-order valence-electron chi connectivity index (χ1n) is 10.4. The number of carbonyl (C=O) groups excluding carboxylic acids is 1. The Morgan fingerprint density at radius 2 is 1.87 bits per heavy atom. The lowest BCUT2D eigenvalue weighted by atomic mass is 9.97. The van der Waals surface area contributed by atoms with Crippen LogP contribution in [0.1, 0.15) is 24.1 Å². The second-order valence-corrected chi connectivity index (χ2v) is 8.83. The van der Waals surface area contributed by atoms with Gasteiger partial charge in [0, 0.05) is 43.5 Å². The van der Waals surface area contributed by atoms with Gasteiger partial charge < -0.3 is 15.2 Å². The topological polar surface area (TPSA) is 70.5 Å². The molecule has 1 saturated heterocycles. The minimum Gasteiger partial charge on any atom is -0.325 e. The lowest BCUT2D eigenvalue weighted by Gasteiger charge is -2.37. The van der Waals surface area contributed by atoms with Crippen molar-refractivity contribution < 1.29 is 13.6 Å². The van der Waals surface area contributed by atoms with E-state index in [0.29, 0.717) is 5.03 Å². The average molecular weight is 450 g/mol. The molecule has 0 unspecified atom stereocenters. The van der Waals surface area contributed by atoms with E-state index in [1.807, 2.05) is 0 Å². The van der Waals surface area contributed by atoms with Gasteiger partial charge in [-0.3, -0.25) is 4.79 Å². The fourth-order valence-electron chi connectivity index (χ4n) is 3.98. The summed E-state index contributed by atoms with van der Waals surface area (Å²) in [5.74, 6) is -2.33. The van der Waals surface area contributed by atoms with E-state index in [9.17, 15) is 18.4 Å². The zero-order valence-electron chi connectivity index (χ0n) is 17.4. The largest absolute Gasteiger partial charge is 0.367 e. The number of thioether (sulfide) groups is 1. The van der Waals surface area contributed by atoms with Crippen molar-refractivity contribution >= 4 is 23.4 Å². The van der Waals surface area contributed by atoms with Crippen LogP contribution in [-0.4, -0.2) is 59.4 Å². The molecule has 166 valence electrons. The summed E-state index contributed by atoms with van der Waals surface area (Å²) in [5, 5.41) is 5.21. The molecule has 0 radical (unpaired) electrons. The molecular formula is C21H25F2N5O2S. The zero-order chi connectivity index (χ0) is 22.0. The molecule has 1 fully saturated rings. The van der Waals surface area contributed by atoms with E-state index in [4.69, 9.17) is 0 Å². The molecule has 7 nitrogen and oxygen atoms in total. The van der Waals surface area contributed by atoms with Gasteiger partial charge in [0.15, 0.2) is 11.6 Å². The fraction of sp³-hybridized carbons (Fsp3) is 0.476. The molecule has 2 heterocycles. The van der Waals surface area contributed by atoms with E-state index >= 15 is 0 Å². The molecule has 1 N–H and O–H groups in total. The van der Waals surface area contributed by atoms with Gasteiger partial charge in [0.2, 0.25) is 5.91 Å². The van der Waals surface area contributed by atoms with Gasteiger partial charge in [-0.1, -0.05) is 11.8 Å². The lowest BCUT2D eigenvalue weighted by molar-refractivity contribution is -0.113. The first-order chi connectivity index (χ1) is 14.9. The van der Waals surface area contributed by atoms with Crippen molar-refractivity contribution in [3.63, 3.8) is 0 Å². The SMILES string of the molecule is CN1CCN(n2c3c(c(SCC(=O)Nc4ccc(F)c(F)c4)nc2=O)CCCC3)CC1. The lowest BCUT2D eigenvalue weighted by Crippen LogP contribution is -2.54. The minimum absolute atomic E-state index is 0.0242. The van der Waals surface area contributed by atoms with Crippen molar-refractivity contribution in [1.29, 1.82) is 0 Å². The number of nitrogens with one attached hydrogen (secondary N) is 1. The number of halogens is 2. The van der Waals surface area contributed by atoms with E-state index in [0.717, 1.165) is 75.3 Å². The highest BCUT2D eigenvalue weighted by molar-refractivity contribution is 8.00. The van der Waals surface area contributed by atoms with Crippen LogP contribution in [0.25, 0.3) is 0 Å². The van der Waals surface area contributed by atoms with Gasteiger partial charge in [0.05, 0.1) is 11.4 Å². The molecule has 0 spiro atoms. The van der Waals surface area contributed by atoms with Crippen LogP contribution in [0, 0.1) is 11.6 Å². The van der Waals surface area contributed by atoms with Crippen molar-refractivity contribution in [3.05, 3.63) is 51.6 Å². The van der Waals surface area contributed by atoms with Gasteiger partial charge in [-0.2, -0.15) is 4.98 Å². The molecule has 2 aromatic rings. The summed E-state index contributed by atoms with van der Waals surface area (Å²) in [6.07, 6.45) is 3.67. The van der Waals surface area contributed by atoms with Crippen molar-refractivity contribution in [2.45, 2.75) is 30.7 Å². The predicted molar refractivity (Wildman–Crippen MR) is 116 cm³/mol. The van der Waals surface area contributed by atoms with Crippen LogP contribution in [-0.2, 0) is 17.6 Å². The third-order valence-corrected chi connectivity index (χ3v) is 6.65. The molecule has 2 aliphatic rings. The number of aromatic nitrogens is 2. The fourth-order valence-corrected chi connectivity index (χ4v) is 4.86. The standard InChI is InChI=1S/C21H25F2N5O2S/c1-26-8-10-27(11-9-26)28-18-5-3-2-4-15(18)20(25-21(28)30)31-13-19(29)24-14-6-7-16(22)17(23)12-14/h6-7,12H,2-5,8-11,13H2,1H3,(H,24,29). The number of rotatable bonds is 5. The van der Waals surface area contributed by atoms with Crippen molar-refractivity contribution in [2.24, 2.45) is 0 Å². The Morgan fingerprint density at radius 1 is 1.13 bits per heavy atom. The molecule has 10 heteroatoms. The van der Waals surface area contributed by atoms with E-state index in [2.05, 4.69) is 27.3 Å². The highest BCUT2D eigenvalue weighted by Crippen LogP contribution is 2.29. The summed E-state index contributed by atoms with van der Waals surface area (Å²) in [4.78, 5) is 31.8. The molecule has 1 amide bonds. The van der Waals surface area contributed by atoms with E-state index < -0.39 is 11.6 Å². The van der Waals surface area contributed by atoms with Crippen LogP contribution in [0.4, 0.5) is 14.5 Å².